The number of hydrogen-bond acceptors (Lipinski definition) is 6. The van der Waals surface area contributed by atoms with Gasteiger partial charge in [-0.2, -0.15) is 9.49 Å². The number of nitrogens with zero attached hydrogens (tertiary/aromatic N) is 4. The number of allylic oxidation sites excluding steroid dienone is 1. The van der Waals surface area contributed by atoms with Gasteiger partial charge in [0.05, 0.1) is 21.4 Å². The van der Waals surface area contributed by atoms with E-state index in [4.69, 9.17) is 10.7 Å². The van der Waals surface area contributed by atoms with E-state index in [0.717, 1.165) is 38.6 Å². The average molecular weight is 444 g/mol. The van der Waals surface area contributed by atoms with E-state index >= 15 is 0 Å². The smallest absolute Gasteiger partial charge is 0.177 e. The predicted octanol–water partition coefficient (Wildman–Crippen LogP) is 3.49. The maximum absolute atomic E-state index is 13.6. The minimum Gasteiger partial charge on any atom is -0.397 e. The Labute approximate surface area is 185 Å². The van der Waals surface area contributed by atoms with Crippen LogP contribution < -0.4 is 16.3 Å². The molecular formula is C23H18FN7S. The number of aromatic amines is 2. The Hall–Kier alpha value is -4.11. The Morgan fingerprint density at radius 1 is 1.22 bits per heavy atom. The zero-order valence-electron chi connectivity index (χ0n) is 17.1. The molecular weight excluding hydrogens is 425 g/mol. The molecule has 9 heteroatoms. The minimum absolute atomic E-state index is 0.267. The van der Waals surface area contributed by atoms with Crippen LogP contribution in [-0.4, -0.2) is 30.1 Å². The lowest BCUT2D eigenvalue weighted by Crippen LogP contribution is -2.23. The molecule has 0 radical (unpaired) electrons. The van der Waals surface area contributed by atoms with Gasteiger partial charge in [0.2, 0.25) is 0 Å². The van der Waals surface area contributed by atoms with Crippen LogP contribution in [0.4, 0.5) is 10.1 Å². The molecule has 5 rings (SSSR count). The summed E-state index contributed by atoms with van der Waals surface area (Å²) in [6, 6.07) is 6.78. The van der Waals surface area contributed by atoms with Crippen LogP contribution in [0.5, 0.6) is 0 Å². The number of rotatable bonds is 4. The number of nitrogens with two attached hydrogens (primary N) is 1. The van der Waals surface area contributed by atoms with E-state index in [1.54, 1.807) is 24.7 Å². The molecule has 0 spiro atoms. The number of thiophene rings is 1. The van der Waals surface area contributed by atoms with Crippen molar-refractivity contribution in [2.24, 2.45) is 0 Å². The van der Waals surface area contributed by atoms with Crippen LogP contribution in [-0.2, 0) is 0 Å². The second-order valence-electron chi connectivity index (χ2n) is 7.11. The highest BCUT2D eigenvalue weighted by Gasteiger charge is 2.16. The number of nitrogen functional groups attached to an aromatic ring is 1. The van der Waals surface area contributed by atoms with Gasteiger partial charge in [-0.15, -0.1) is 11.3 Å². The van der Waals surface area contributed by atoms with Gasteiger partial charge < -0.3 is 10.7 Å². The summed E-state index contributed by atoms with van der Waals surface area (Å²) in [4.78, 5) is 17.3. The van der Waals surface area contributed by atoms with E-state index < -0.39 is 0 Å². The summed E-state index contributed by atoms with van der Waals surface area (Å²) in [6.45, 7) is 6.09. The first-order valence-electron chi connectivity index (χ1n) is 9.76. The lowest BCUT2D eigenvalue weighted by molar-refractivity contribution is 0.657. The molecule has 0 aliphatic rings. The molecule has 5 aromatic heterocycles. The van der Waals surface area contributed by atoms with Crippen molar-refractivity contribution in [2.75, 3.05) is 5.73 Å². The summed E-state index contributed by atoms with van der Waals surface area (Å²) in [7, 11) is 0. The molecule has 5 heterocycles. The Bertz CT molecular complexity index is 1590. The highest BCUT2D eigenvalue weighted by atomic mass is 32.1. The molecule has 0 fully saturated rings. The van der Waals surface area contributed by atoms with Crippen molar-refractivity contribution in [2.45, 2.75) is 6.92 Å². The van der Waals surface area contributed by atoms with Crippen molar-refractivity contribution in [3.63, 3.8) is 0 Å². The van der Waals surface area contributed by atoms with Crippen molar-refractivity contribution >= 4 is 45.8 Å². The monoisotopic (exact) mass is 443 g/mol. The molecule has 0 aliphatic carbocycles. The molecule has 5 aromatic rings. The van der Waals surface area contributed by atoms with Crippen LogP contribution >= 0.6 is 11.3 Å². The Morgan fingerprint density at radius 2 is 2.09 bits per heavy atom. The molecule has 0 atom stereocenters. The molecule has 0 aliphatic heterocycles. The van der Waals surface area contributed by atoms with Gasteiger partial charge in [-0.3, -0.25) is 15.1 Å². The first kappa shape index (κ1) is 19.8. The number of fused-ring (bicyclic) bond motifs is 1. The summed E-state index contributed by atoms with van der Waals surface area (Å²) in [5.41, 5.74) is 10.7. The minimum atomic E-state index is -0.267. The zero-order valence-corrected chi connectivity index (χ0v) is 17.9. The van der Waals surface area contributed by atoms with Gasteiger partial charge in [-0.1, -0.05) is 12.7 Å². The molecule has 0 saturated heterocycles. The number of nitrogens with one attached hydrogen (secondary N) is 2. The molecule has 32 heavy (non-hydrogen) atoms. The second kappa shape index (κ2) is 7.86. The number of anilines is 1. The van der Waals surface area contributed by atoms with Crippen LogP contribution in [0, 0.1) is 5.13 Å². The Morgan fingerprint density at radius 3 is 2.84 bits per heavy atom. The third-order valence-electron chi connectivity index (χ3n) is 5.00. The summed E-state index contributed by atoms with van der Waals surface area (Å²) in [5.74, 6) is 0.570. The van der Waals surface area contributed by atoms with Crippen molar-refractivity contribution < 1.29 is 4.39 Å². The number of pyridine rings is 2. The van der Waals surface area contributed by atoms with Crippen LogP contribution in [0.1, 0.15) is 12.5 Å². The van der Waals surface area contributed by atoms with Gasteiger partial charge in [0.1, 0.15) is 16.9 Å². The van der Waals surface area contributed by atoms with Gasteiger partial charge in [0, 0.05) is 29.4 Å². The van der Waals surface area contributed by atoms with E-state index in [0.29, 0.717) is 33.3 Å². The average Bonchev–Trinajstić information content (AvgIpc) is 3.51. The summed E-state index contributed by atoms with van der Waals surface area (Å²) >= 11 is 1.04. The topological polar surface area (TPSA) is 109 Å². The SMILES string of the molecule is C=C(/C=c1/c(-c2nc3c(-c4ccc(F)s4)nccc3[nH]2)n[nH]/c1=C/C)c1cncc(N)c1. The third kappa shape index (κ3) is 3.48. The van der Waals surface area contributed by atoms with Crippen molar-refractivity contribution in [3.8, 4) is 22.1 Å². The normalized spacial score (nSPS) is 12.7. The van der Waals surface area contributed by atoms with Gasteiger partial charge in [-0.25, -0.2) is 4.98 Å². The number of H-pyrrole nitrogens is 2. The van der Waals surface area contributed by atoms with E-state index in [1.165, 1.54) is 6.07 Å². The quantitative estimate of drug-likeness (QED) is 0.394. The fourth-order valence-electron chi connectivity index (χ4n) is 3.47. The Balaban J connectivity index is 1.67. The number of halogens is 1. The maximum Gasteiger partial charge on any atom is 0.177 e. The molecule has 4 N–H and O–H groups in total. The standard InChI is InChI=1S/C23H18FN7S/c1-3-16-15(8-12(2)13-9-14(25)11-26-10-13)20(31-30-16)23-28-17-6-7-27-22(21(17)29-23)18-4-5-19(24)32-18/h3-11,30H,2,25H2,1H3,(H,28,29)/b15-8+,16-3+. The second-order valence-corrected chi connectivity index (χ2v) is 8.14. The van der Waals surface area contributed by atoms with E-state index in [1.807, 2.05) is 31.2 Å². The van der Waals surface area contributed by atoms with E-state index in [9.17, 15) is 4.39 Å². The van der Waals surface area contributed by atoms with Gasteiger partial charge in [0.15, 0.2) is 11.0 Å². The molecule has 7 nitrogen and oxygen atoms in total. The fraction of sp³-hybridized carbons (Fsp3) is 0.0435. The van der Waals surface area contributed by atoms with Crippen molar-refractivity contribution in [1.82, 2.24) is 30.1 Å². The summed E-state index contributed by atoms with van der Waals surface area (Å²) in [6.07, 6.45) is 8.83. The van der Waals surface area contributed by atoms with E-state index in [-0.39, 0.29) is 5.13 Å². The van der Waals surface area contributed by atoms with Crippen LogP contribution in [0.2, 0.25) is 0 Å². The maximum atomic E-state index is 13.6. The fourth-order valence-corrected chi connectivity index (χ4v) is 4.20. The molecule has 0 unspecified atom stereocenters. The lowest BCUT2D eigenvalue weighted by Gasteiger charge is -2.01. The first-order chi connectivity index (χ1) is 15.5. The molecule has 0 bridgehead atoms. The van der Waals surface area contributed by atoms with Crippen molar-refractivity contribution in [3.05, 3.63) is 70.7 Å². The largest absolute Gasteiger partial charge is 0.397 e. The summed E-state index contributed by atoms with van der Waals surface area (Å²) in [5, 5.41) is 8.92. The zero-order chi connectivity index (χ0) is 22.2. The highest BCUT2D eigenvalue weighted by Crippen LogP contribution is 2.31. The van der Waals surface area contributed by atoms with E-state index in [2.05, 4.69) is 31.7 Å². The van der Waals surface area contributed by atoms with Crippen LogP contribution in [0.15, 0.2) is 49.4 Å². The third-order valence-corrected chi connectivity index (χ3v) is 5.88. The molecule has 0 aromatic carbocycles. The number of imidazole rings is 1. The highest BCUT2D eigenvalue weighted by molar-refractivity contribution is 7.13. The molecule has 0 saturated carbocycles. The first-order valence-corrected chi connectivity index (χ1v) is 10.6. The molecule has 158 valence electrons. The summed E-state index contributed by atoms with van der Waals surface area (Å²) < 4.78 is 13.6. The van der Waals surface area contributed by atoms with Crippen LogP contribution in [0.25, 0.3) is 50.8 Å². The number of aromatic nitrogens is 6. The van der Waals surface area contributed by atoms with Crippen LogP contribution in [0.3, 0.4) is 0 Å². The van der Waals surface area contributed by atoms with Crippen molar-refractivity contribution in [1.29, 1.82) is 0 Å². The van der Waals surface area contributed by atoms with Gasteiger partial charge >= 0.3 is 0 Å². The van der Waals surface area contributed by atoms with Gasteiger partial charge in [-0.05, 0) is 42.8 Å². The Kier molecular flexibility index (Phi) is 4.87. The predicted molar refractivity (Wildman–Crippen MR) is 126 cm³/mol. The molecule has 0 amide bonds. The van der Waals surface area contributed by atoms with Gasteiger partial charge in [0.25, 0.3) is 0 Å². The number of hydrogen-bond donors (Lipinski definition) is 3. The lowest BCUT2D eigenvalue weighted by atomic mass is 10.1.